The van der Waals surface area contributed by atoms with Crippen LogP contribution in [0.2, 0.25) is 0 Å². The fourth-order valence-electron chi connectivity index (χ4n) is 3.20. The number of rotatable bonds is 17. The summed E-state index contributed by atoms with van der Waals surface area (Å²) in [5.41, 5.74) is 21.8. The molecule has 0 aromatic rings. The molecule has 5 unspecified atom stereocenters. The Morgan fingerprint density at radius 2 is 1.39 bits per heavy atom. The van der Waals surface area contributed by atoms with Gasteiger partial charge in [-0.05, 0) is 31.1 Å². The Morgan fingerprint density at radius 3 is 1.86 bits per heavy atom. The first-order valence-corrected chi connectivity index (χ1v) is 11.9. The molecular formula is C22H42N8O6. The molecule has 14 nitrogen and oxygen atoms in total. The smallest absolute Gasteiger partial charge is 0.326 e. The Hall–Kier alpha value is -3.42. The predicted molar refractivity (Wildman–Crippen MR) is 134 cm³/mol. The van der Waals surface area contributed by atoms with E-state index in [-0.39, 0.29) is 37.2 Å². The van der Waals surface area contributed by atoms with Crippen molar-refractivity contribution in [3.05, 3.63) is 0 Å². The number of hydrogen-bond donors (Lipinski definition) is 8. The minimum atomic E-state index is -1.45. The number of nitrogens with two attached hydrogens (primary N) is 4. The van der Waals surface area contributed by atoms with Gasteiger partial charge in [-0.2, -0.15) is 0 Å². The fourth-order valence-corrected chi connectivity index (χ4v) is 3.20. The number of carboxylic acids is 1. The van der Waals surface area contributed by atoms with Crippen LogP contribution in [0.15, 0.2) is 4.99 Å². The molecule has 0 spiro atoms. The van der Waals surface area contributed by atoms with Gasteiger partial charge in [-0.25, -0.2) is 4.79 Å². The fraction of sp³-hybridized carbons (Fsp3) is 0.727. The van der Waals surface area contributed by atoms with Gasteiger partial charge in [0.05, 0.1) is 12.5 Å². The van der Waals surface area contributed by atoms with Crippen LogP contribution in [0.4, 0.5) is 0 Å². The molecule has 0 heterocycles. The summed E-state index contributed by atoms with van der Waals surface area (Å²) in [6.45, 7) is 7.41. The third kappa shape index (κ3) is 12.9. The van der Waals surface area contributed by atoms with Crippen molar-refractivity contribution < 1.29 is 29.1 Å². The first-order chi connectivity index (χ1) is 16.7. The molecule has 5 atom stereocenters. The number of guanidine groups is 1. The Balaban J connectivity index is 5.67. The number of carbonyl (C=O) groups is 5. The Labute approximate surface area is 211 Å². The number of carboxylic acid groups (broad SMARTS) is 1. The lowest BCUT2D eigenvalue weighted by Gasteiger charge is -2.26. The van der Waals surface area contributed by atoms with Crippen LogP contribution in [0.25, 0.3) is 0 Å². The molecule has 0 aliphatic heterocycles. The summed E-state index contributed by atoms with van der Waals surface area (Å²) in [7, 11) is 0. The molecule has 14 heteroatoms. The van der Waals surface area contributed by atoms with Crippen LogP contribution in [0.1, 0.15) is 59.8 Å². The third-order valence-corrected chi connectivity index (χ3v) is 5.50. The lowest BCUT2D eigenvalue weighted by Crippen LogP contribution is -2.58. The third-order valence-electron chi connectivity index (χ3n) is 5.50. The van der Waals surface area contributed by atoms with Gasteiger partial charge in [-0.3, -0.25) is 24.2 Å². The molecule has 0 rings (SSSR count). The van der Waals surface area contributed by atoms with Crippen LogP contribution in [0.5, 0.6) is 0 Å². The zero-order chi connectivity index (χ0) is 28.0. The van der Waals surface area contributed by atoms with Crippen molar-refractivity contribution in [3.63, 3.8) is 0 Å². The molecular weight excluding hydrogens is 472 g/mol. The lowest BCUT2D eigenvalue weighted by atomic mass is 9.98. The first-order valence-electron chi connectivity index (χ1n) is 11.9. The van der Waals surface area contributed by atoms with Gasteiger partial charge in [-0.15, -0.1) is 0 Å². The largest absolute Gasteiger partial charge is 0.480 e. The number of hydrogen-bond acceptors (Lipinski definition) is 7. The number of nitrogens with one attached hydrogen (secondary N) is 3. The highest BCUT2D eigenvalue weighted by atomic mass is 16.4. The van der Waals surface area contributed by atoms with Crippen molar-refractivity contribution in [1.82, 2.24) is 16.0 Å². The van der Waals surface area contributed by atoms with E-state index >= 15 is 0 Å². The molecule has 0 saturated heterocycles. The molecule has 0 bridgehead atoms. The van der Waals surface area contributed by atoms with E-state index in [0.29, 0.717) is 12.8 Å². The quantitative estimate of drug-likeness (QED) is 0.0598. The second-order valence-corrected chi connectivity index (χ2v) is 9.18. The topological polar surface area (TPSA) is 258 Å². The molecule has 0 aliphatic carbocycles. The Kier molecular flexibility index (Phi) is 14.7. The van der Waals surface area contributed by atoms with E-state index in [0.717, 1.165) is 0 Å². The molecule has 206 valence electrons. The van der Waals surface area contributed by atoms with Crippen molar-refractivity contribution in [2.24, 2.45) is 39.8 Å². The predicted octanol–water partition coefficient (Wildman–Crippen LogP) is -2.13. The van der Waals surface area contributed by atoms with Crippen LogP contribution in [-0.4, -0.2) is 71.4 Å². The second kappa shape index (κ2) is 16.3. The van der Waals surface area contributed by atoms with E-state index in [9.17, 15) is 29.1 Å². The van der Waals surface area contributed by atoms with Crippen LogP contribution < -0.4 is 38.9 Å². The van der Waals surface area contributed by atoms with E-state index in [2.05, 4.69) is 20.9 Å². The number of aliphatic imine (C=N–C) groups is 1. The standard InChI is InChI=1S/C22H42N8O6/c1-5-12(4)17(24)20(34)28-13(7-6-8-27-22(25)26)18(32)29-14(10-16(23)31)19(33)30-15(21(35)36)9-11(2)3/h11-15,17H,5-10,24H2,1-4H3,(H2,23,31)(H,28,34)(H,29,32)(H,30,33)(H,35,36)(H4,25,26,27). The average molecular weight is 515 g/mol. The van der Waals surface area contributed by atoms with Gasteiger partial charge >= 0.3 is 5.97 Å². The zero-order valence-electron chi connectivity index (χ0n) is 21.5. The SMILES string of the molecule is CCC(C)C(N)C(=O)NC(CCCN=C(N)N)C(=O)NC(CC(N)=O)C(=O)NC(CC(C)C)C(=O)O. The van der Waals surface area contributed by atoms with Gasteiger partial charge in [0, 0.05) is 6.54 Å². The van der Waals surface area contributed by atoms with Crippen molar-refractivity contribution in [1.29, 1.82) is 0 Å². The summed E-state index contributed by atoms with van der Waals surface area (Å²) in [6, 6.07) is -4.69. The molecule has 0 aromatic heterocycles. The molecule has 0 aromatic carbocycles. The summed E-state index contributed by atoms with van der Waals surface area (Å²) >= 11 is 0. The van der Waals surface area contributed by atoms with E-state index in [4.69, 9.17) is 22.9 Å². The highest BCUT2D eigenvalue weighted by molar-refractivity contribution is 5.96. The average Bonchev–Trinajstić information content (AvgIpc) is 2.77. The zero-order valence-corrected chi connectivity index (χ0v) is 21.5. The van der Waals surface area contributed by atoms with Gasteiger partial charge < -0.3 is 44.0 Å². The summed E-state index contributed by atoms with van der Waals surface area (Å²) < 4.78 is 0. The molecule has 0 radical (unpaired) electrons. The molecule has 12 N–H and O–H groups in total. The molecule has 0 fully saturated rings. The van der Waals surface area contributed by atoms with Crippen molar-refractivity contribution >= 4 is 35.6 Å². The number of nitrogens with zero attached hydrogens (tertiary/aromatic N) is 1. The lowest BCUT2D eigenvalue weighted by molar-refractivity contribution is -0.143. The first kappa shape index (κ1) is 32.6. The maximum absolute atomic E-state index is 13.1. The van der Waals surface area contributed by atoms with E-state index < -0.39 is 60.2 Å². The van der Waals surface area contributed by atoms with Crippen LogP contribution in [0.3, 0.4) is 0 Å². The van der Waals surface area contributed by atoms with Crippen molar-refractivity contribution in [3.8, 4) is 0 Å². The molecule has 0 aliphatic rings. The van der Waals surface area contributed by atoms with Gasteiger partial charge in [0.25, 0.3) is 0 Å². The maximum Gasteiger partial charge on any atom is 0.326 e. The van der Waals surface area contributed by atoms with E-state index in [1.54, 1.807) is 20.8 Å². The van der Waals surface area contributed by atoms with E-state index in [1.165, 1.54) is 0 Å². The highest BCUT2D eigenvalue weighted by Gasteiger charge is 2.31. The van der Waals surface area contributed by atoms with Crippen LogP contribution >= 0.6 is 0 Å². The number of primary amides is 1. The van der Waals surface area contributed by atoms with Gasteiger partial charge in [0.2, 0.25) is 23.6 Å². The van der Waals surface area contributed by atoms with Crippen LogP contribution in [0, 0.1) is 11.8 Å². The summed E-state index contributed by atoms with van der Waals surface area (Å²) in [4.78, 5) is 65.4. The van der Waals surface area contributed by atoms with Crippen molar-refractivity contribution in [2.45, 2.75) is 84.0 Å². The Bertz CT molecular complexity index is 799. The maximum atomic E-state index is 13.1. The summed E-state index contributed by atoms with van der Waals surface area (Å²) in [6.07, 6.45) is 0.592. The van der Waals surface area contributed by atoms with Crippen LogP contribution in [-0.2, 0) is 24.0 Å². The van der Waals surface area contributed by atoms with Gasteiger partial charge in [0.1, 0.15) is 18.1 Å². The normalized spacial score (nSPS) is 15.1. The number of carbonyl (C=O) groups excluding carboxylic acids is 4. The summed E-state index contributed by atoms with van der Waals surface area (Å²) in [5, 5.41) is 16.7. The van der Waals surface area contributed by atoms with Crippen molar-refractivity contribution in [2.75, 3.05) is 6.54 Å². The summed E-state index contributed by atoms with van der Waals surface area (Å²) in [5.74, 6) is -4.72. The number of amides is 4. The van der Waals surface area contributed by atoms with Gasteiger partial charge in [0.15, 0.2) is 5.96 Å². The second-order valence-electron chi connectivity index (χ2n) is 9.18. The molecule has 0 saturated carbocycles. The molecule has 4 amide bonds. The monoisotopic (exact) mass is 514 g/mol. The number of aliphatic carboxylic acids is 1. The molecule has 36 heavy (non-hydrogen) atoms. The minimum absolute atomic E-state index is 0.0462. The Morgan fingerprint density at radius 1 is 0.861 bits per heavy atom. The minimum Gasteiger partial charge on any atom is -0.480 e. The van der Waals surface area contributed by atoms with Gasteiger partial charge in [-0.1, -0.05) is 34.1 Å². The highest BCUT2D eigenvalue weighted by Crippen LogP contribution is 2.09. The van der Waals surface area contributed by atoms with E-state index in [1.807, 2.05) is 6.92 Å².